The van der Waals surface area contributed by atoms with Crippen LogP contribution in [0.3, 0.4) is 0 Å². The van der Waals surface area contributed by atoms with Gasteiger partial charge in [0.25, 0.3) is 5.91 Å². The second-order valence-electron chi connectivity index (χ2n) is 5.85. The zero-order valence-electron chi connectivity index (χ0n) is 13.5. The first-order chi connectivity index (χ1) is 12.3. The number of fused-ring (bicyclic) bond motifs is 1. The predicted octanol–water partition coefficient (Wildman–Crippen LogP) is 2.74. The summed E-state index contributed by atoms with van der Waals surface area (Å²) < 4.78 is 1.87. The van der Waals surface area contributed by atoms with Crippen molar-refractivity contribution in [2.75, 3.05) is 0 Å². The first kappa shape index (κ1) is 15.1. The van der Waals surface area contributed by atoms with Crippen LogP contribution in [0.15, 0.2) is 67.1 Å². The zero-order valence-corrected chi connectivity index (χ0v) is 13.5. The Labute approximate surface area is 144 Å². The third kappa shape index (κ3) is 3.28. The highest BCUT2D eigenvalue weighted by atomic mass is 16.1. The number of carbonyl (C=O) groups is 1. The van der Waals surface area contributed by atoms with Gasteiger partial charge in [-0.2, -0.15) is 10.2 Å². The van der Waals surface area contributed by atoms with Crippen LogP contribution in [-0.4, -0.2) is 25.9 Å². The van der Waals surface area contributed by atoms with E-state index in [0.717, 1.165) is 22.0 Å². The van der Waals surface area contributed by atoms with Crippen LogP contribution < -0.4 is 5.32 Å². The van der Waals surface area contributed by atoms with Crippen LogP contribution >= 0.6 is 0 Å². The van der Waals surface area contributed by atoms with Crippen LogP contribution in [0, 0.1) is 0 Å². The van der Waals surface area contributed by atoms with Crippen molar-refractivity contribution in [2.45, 2.75) is 13.1 Å². The molecule has 0 spiro atoms. The van der Waals surface area contributed by atoms with Crippen LogP contribution in [0.2, 0.25) is 0 Å². The first-order valence-corrected chi connectivity index (χ1v) is 8.05. The molecule has 124 valence electrons. The van der Waals surface area contributed by atoms with E-state index in [0.29, 0.717) is 18.7 Å². The Kier molecular flexibility index (Phi) is 4.00. The Hall–Kier alpha value is -3.41. The highest BCUT2D eigenvalue weighted by molar-refractivity contribution is 6.05. The smallest absolute Gasteiger partial charge is 0.253 e. The summed E-state index contributed by atoms with van der Waals surface area (Å²) in [5.41, 5.74) is 3.55. The van der Waals surface area contributed by atoms with Crippen molar-refractivity contribution in [3.05, 3.63) is 83.8 Å². The van der Waals surface area contributed by atoms with E-state index >= 15 is 0 Å². The summed E-state index contributed by atoms with van der Waals surface area (Å²) in [6.45, 7) is 1.18. The monoisotopic (exact) mass is 331 g/mol. The van der Waals surface area contributed by atoms with Crippen LogP contribution in [0.25, 0.3) is 10.9 Å². The number of carbonyl (C=O) groups excluding carboxylic acids is 1. The fraction of sp³-hybridized carbons (Fsp3) is 0.105. The van der Waals surface area contributed by atoms with E-state index in [1.807, 2.05) is 41.2 Å². The quantitative estimate of drug-likeness (QED) is 0.590. The van der Waals surface area contributed by atoms with Gasteiger partial charge in [0.05, 0.1) is 23.8 Å². The number of amides is 1. The molecule has 2 N–H and O–H groups in total. The van der Waals surface area contributed by atoms with E-state index in [1.165, 1.54) is 0 Å². The molecule has 2 aromatic heterocycles. The minimum absolute atomic E-state index is 0.118. The van der Waals surface area contributed by atoms with Gasteiger partial charge in [0.15, 0.2) is 0 Å². The average Bonchev–Trinajstić information content (AvgIpc) is 3.31. The molecule has 6 nitrogen and oxygen atoms in total. The normalized spacial score (nSPS) is 10.9. The summed E-state index contributed by atoms with van der Waals surface area (Å²) in [6.07, 6.45) is 5.41. The summed E-state index contributed by atoms with van der Waals surface area (Å²) in [4.78, 5) is 12.5. The molecule has 25 heavy (non-hydrogen) atoms. The number of nitrogens with zero attached hydrogens (tertiary/aromatic N) is 3. The molecule has 6 heteroatoms. The zero-order chi connectivity index (χ0) is 17.1. The standard InChI is InChI=1S/C19H17N5O/c25-19(17-7-2-6-16-12-21-23-18(16)17)20-11-14-4-1-5-15(10-14)13-24-9-3-8-22-24/h1-10,12H,11,13H2,(H,20,25)(H,21,23). The summed E-state index contributed by atoms with van der Waals surface area (Å²) in [5, 5.41) is 15.0. The number of aromatic nitrogens is 4. The van der Waals surface area contributed by atoms with Gasteiger partial charge < -0.3 is 5.32 Å². The van der Waals surface area contributed by atoms with E-state index in [1.54, 1.807) is 18.5 Å². The van der Waals surface area contributed by atoms with Gasteiger partial charge in [-0.3, -0.25) is 14.6 Å². The van der Waals surface area contributed by atoms with Gasteiger partial charge in [-0.25, -0.2) is 0 Å². The molecule has 0 fully saturated rings. The van der Waals surface area contributed by atoms with Crippen molar-refractivity contribution in [1.29, 1.82) is 0 Å². The van der Waals surface area contributed by atoms with Crippen molar-refractivity contribution in [3.63, 3.8) is 0 Å². The summed E-state index contributed by atoms with van der Waals surface area (Å²) in [7, 11) is 0. The van der Waals surface area contributed by atoms with Crippen molar-refractivity contribution < 1.29 is 4.79 Å². The SMILES string of the molecule is O=C(NCc1cccc(Cn2cccn2)c1)c1cccc2cn[nH]c12. The second-order valence-corrected chi connectivity index (χ2v) is 5.85. The average molecular weight is 331 g/mol. The number of benzene rings is 2. The molecule has 0 saturated heterocycles. The van der Waals surface area contributed by atoms with Gasteiger partial charge in [-0.1, -0.05) is 36.4 Å². The maximum Gasteiger partial charge on any atom is 0.253 e. The van der Waals surface area contributed by atoms with Gasteiger partial charge in [0.2, 0.25) is 0 Å². The molecule has 0 aliphatic heterocycles. The van der Waals surface area contributed by atoms with E-state index in [-0.39, 0.29) is 5.91 Å². The van der Waals surface area contributed by atoms with Gasteiger partial charge in [0.1, 0.15) is 0 Å². The largest absolute Gasteiger partial charge is 0.348 e. The van der Waals surface area contributed by atoms with Gasteiger partial charge in [0, 0.05) is 24.3 Å². The van der Waals surface area contributed by atoms with Crippen LogP contribution in [0.5, 0.6) is 0 Å². The third-order valence-corrected chi connectivity index (χ3v) is 4.07. The molecule has 0 saturated carbocycles. The van der Waals surface area contributed by atoms with Crippen molar-refractivity contribution in [3.8, 4) is 0 Å². The lowest BCUT2D eigenvalue weighted by atomic mass is 10.1. The molecule has 2 heterocycles. The molecule has 0 unspecified atom stereocenters. The topological polar surface area (TPSA) is 75.6 Å². The van der Waals surface area contributed by atoms with E-state index in [2.05, 4.69) is 32.7 Å². The molecule has 4 aromatic rings. The molecule has 0 aliphatic carbocycles. The Morgan fingerprint density at radius 3 is 2.88 bits per heavy atom. The van der Waals surface area contributed by atoms with E-state index in [4.69, 9.17) is 0 Å². The number of aromatic amines is 1. The lowest BCUT2D eigenvalue weighted by molar-refractivity contribution is 0.0952. The molecule has 1 amide bonds. The number of H-pyrrole nitrogens is 1. The Bertz CT molecular complexity index is 1000. The lowest BCUT2D eigenvalue weighted by Crippen LogP contribution is -2.23. The number of hydrogen-bond acceptors (Lipinski definition) is 3. The van der Waals surface area contributed by atoms with Gasteiger partial charge >= 0.3 is 0 Å². The number of nitrogens with one attached hydrogen (secondary N) is 2. The van der Waals surface area contributed by atoms with Gasteiger partial charge in [-0.05, 0) is 23.3 Å². The van der Waals surface area contributed by atoms with E-state index < -0.39 is 0 Å². The molecule has 2 aromatic carbocycles. The predicted molar refractivity (Wildman–Crippen MR) is 95.0 cm³/mol. The molecular weight excluding hydrogens is 314 g/mol. The number of hydrogen-bond donors (Lipinski definition) is 2. The van der Waals surface area contributed by atoms with Crippen LogP contribution in [0.4, 0.5) is 0 Å². The molecule has 0 radical (unpaired) electrons. The Morgan fingerprint density at radius 1 is 1.12 bits per heavy atom. The van der Waals surface area contributed by atoms with Crippen molar-refractivity contribution in [1.82, 2.24) is 25.3 Å². The highest BCUT2D eigenvalue weighted by Crippen LogP contribution is 2.15. The lowest BCUT2D eigenvalue weighted by Gasteiger charge is -2.08. The third-order valence-electron chi connectivity index (χ3n) is 4.07. The van der Waals surface area contributed by atoms with Gasteiger partial charge in [-0.15, -0.1) is 0 Å². The highest BCUT2D eigenvalue weighted by Gasteiger charge is 2.11. The molecular formula is C19H17N5O. The van der Waals surface area contributed by atoms with Crippen LogP contribution in [-0.2, 0) is 13.1 Å². The molecule has 0 atom stereocenters. The maximum absolute atomic E-state index is 12.5. The molecule has 4 rings (SSSR count). The summed E-state index contributed by atoms with van der Waals surface area (Å²) in [5.74, 6) is -0.118. The molecule has 0 bridgehead atoms. The second kappa shape index (κ2) is 6.60. The summed E-state index contributed by atoms with van der Waals surface area (Å²) >= 11 is 0. The van der Waals surface area contributed by atoms with Crippen LogP contribution in [0.1, 0.15) is 21.5 Å². The minimum Gasteiger partial charge on any atom is -0.348 e. The van der Waals surface area contributed by atoms with Crippen molar-refractivity contribution in [2.24, 2.45) is 0 Å². The summed E-state index contributed by atoms with van der Waals surface area (Å²) in [6, 6.07) is 15.6. The first-order valence-electron chi connectivity index (χ1n) is 8.05. The minimum atomic E-state index is -0.118. The molecule has 0 aliphatic rings. The maximum atomic E-state index is 12.5. The fourth-order valence-corrected chi connectivity index (χ4v) is 2.85. The Balaban J connectivity index is 1.46. The van der Waals surface area contributed by atoms with E-state index in [9.17, 15) is 4.79 Å². The Morgan fingerprint density at radius 2 is 2.00 bits per heavy atom. The van der Waals surface area contributed by atoms with Crippen molar-refractivity contribution >= 4 is 16.8 Å². The fourth-order valence-electron chi connectivity index (χ4n) is 2.85. The number of para-hydroxylation sites is 1. The number of rotatable bonds is 5.